The molecule has 2 N–H and O–H groups in total. The van der Waals surface area contributed by atoms with Crippen molar-refractivity contribution < 1.29 is 4.79 Å². The second-order valence-electron chi connectivity index (χ2n) is 5.04. The van der Waals surface area contributed by atoms with Crippen LogP contribution in [-0.4, -0.2) is 12.5 Å². The monoisotopic (exact) mass is 322 g/mol. The van der Waals surface area contributed by atoms with E-state index >= 15 is 0 Å². The number of carbonyl (C=O) groups is 1. The van der Waals surface area contributed by atoms with Gasteiger partial charge in [-0.15, -0.1) is 23.7 Å². The molecule has 2 aromatic rings. The second kappa shape index (κ2) is 7.59. The number of benzene rings is 1. The van der Waals surface area contributed by atoms with Crippen molar-refractivity contribution in [1.82, 2.24) is 5.32 Å². The van der Waals surface area contributed by atoms with Crippen molar-refractivity contribution in [3.05, 3.63) is 51.7 Å². The predicted octanol–water partition coefficient (Wildman–Crippen LogP) is 3.39. The first-order chi connectivity index (χ1) is 9.81. The summed E-state index contributed by atoms with van der Waals surface area (Å²) in [7, 11) is 0. The third-order valence-electron chi connectivity index (χ3n) is 3.56. The van der Waals surface area contributed by atoms with Crippen LogP contribution in [0.25, 0.3) is 0 Å². The molecule has 0 radical (unpaired) electrons. The SMILES string of the molecule is Cl.O=C(CCc1cccs1)Nc1ccc2c(c1)CNCC2. The van der Waals surface area contributed by atoms with Crippen molar-refractivity contribution in [2.75, 3.05) is 11.9 Å². The van der Waals surface area contributed by atoms with E-state index in [1.807, 2.05) is 17.5 Å². The van der Waals surface area contributed by atoms with E-state index in [9.17, 15) is 4.79 Å². The topological polar surface area (TPSA) is 41.1 Å². The minimum atomic E-state index is 0. The average molecular weight is 323 g/mol. The lowest BCUT2D eigenvalue weighted by molar-refractivity contribution is -0.116. The molecule has 1 aromatic carbocycles. The molecule has 3 rings (SSSR count). The fraction of sp³-hybridized carbons (Fsp3) is 0.312. The first-order valence-electron chi connectivity index (χ1n) is 6.96. The summed E-state index contributed by atoms with van der Waals surface area (Å²) in [4.78, 5) is 13.2. The minimum Gasteiger partial charge on any atom is -0.326 e. The number of halogens is 1. The van der Waals surface area contributed by atoms with Crippen molar-refractivity contribution in [2.45, 2.75) is 25.8 Å². The lowest BCUT2D eigenvalue weighted by Gasteiger charge is -2.18. The van der Waals surface area contributed by atoms with E-state index in [-0.39, 0.29) is 18.3 Å². The molecule has 0 saturated heterocycles. The molecule has 2 heterocycles. The van der Waals surface area contributed by atoms with E-state index in [0.29, 0.717) is 6.42 Å². The normalized spacial score (nSPS) is 13.1. The lowest BCUT2D eigenvalue weighted by atomic mass is 10.0. The number of aryl methyl sites for hydroxylation is 1. The van der Waals surface area contributed by atoms with Gasteiger partial charge in [0, 0.05) is 23.5 Å². The van der Waals surface area contributed by atoms with Gasteiger partial charge in [-0.3, -0.25) is 4.79 Å². The van der Waals surface area contributed by atoms with Gasteiger partial charge in [0.2, 0.25) is 5.91 Å². The van der Waals surface area contributed by atoms with Gasteiger partial charge >= 0.3 is 0 Å². The molecule has 1 aliphatic heterocycles. The van der Waals surface area contributed by atoms with Crippen molar-refractivity contribution >= 4 is 35.3 Å². The fourth-order valence-corrected chi connectivity index (χ4v) is 3.18. The van der Waals surface area contributed by atoms with E-state index in [0.717, 1.165) is 31.6 Å². The largest absolute Gasteiger partial charge is 0.326 e. The highest BCUT2D eigenvalue weighted by atomic mass is 35.5. The van der Waals surface area contributed by atoms with Gasteiger partial charge in [-0.25, -0.2) is 0 Å². The fourth-order valence-electron chi connectivity index (χ4n) is 2.47. The number of thiophene rings is 1. The second-order valence-corrected chi connectivity index (χ2v) is 6.07. The van der Waals surface area contributed by atoms with Crippen molar-refractivity contribution in [2.24, 2.45) is 0 Å². The Morgan fingerprint density at radius 2 is 2.19 bits per heavy atom. The zero-order valence-electron chi connectivity index (χ0n) is 11.7. The van der Waals surface area contributed by atoms with Crippen LogP contribution in [0.15, 0.2) is 35.7 Å². The van der Waals surface area contributed by atoms with Crippen LogP contribution in [0.2, 0.25) is 0 Å². The highest BCUT2D eigenvalue weighted by Gasteiger charge is 2.10. The molecule has 1 amide bonds. The predicted molar refractivity (Wildman–Crippen MR) is 90.4 cm³/mol. The van der Waals surface area contributed by atoms with Crippen molar-refractivity contribution in [1.29, 1.82) is 0 Å². The third kappa shape index (κ3) is 4.30. The zero-order chi connectivity index (χ0) is 13.8. The highest BCUT2D eigenvalue weighted by molar-refractivity contribution is 7.09. The van der Waals surface area contributed by atoms with Gasteiger partial charge in [0.1, 0.15) is 0 Å². The van der Waals surface area contributed by atoms with Crippen LogP contribution >= 0.6 is 23.7 Å². The van der Waals surface area contributed by atoms with E-state index < -0.39 is 0 Å². The van der Waals surface area contributed by atoms with Crippen LogP contribution in [-0.2, 0) is 24.2 Å². The third-order valence-corrected chi connectivity index (χ3v) is 4.49. The molecule has 1 aromatic heterocycles. The molecule has 1 aliphatic rings. The van der Waals surface area contributed by atoms with E-state index in [1.54, 1.807) is 11.3 Å². The van der Waals surface area contributed by atoms with Gasteiger partial charge in [0.25, 0.3) is 0 Å². The van der Waals surface area contributed by atoms with E-state index in [1.165, 1.54) is 16.0 Å². The van der Waals surface area contributed by atoms with Crippen molar-refractivity contribution in [3.8, 4) is 0 Å². The smallest absolute Gasteiger partial charge is 0.224 e. The van der Waals surface area contributed by atoms with Crippen molar-refractivity contribution in [3.63, 3.8) is 0 Å². The Balaban J connectivity index is 0.00000161. The zero-order valence-corrected chi connectivity index (χ0v) is 13.4. The summed E-state index contributed by atoms with van der Waals surface area (Å²) in [6.07, 6.45) is 2.42. The number of fused-ring (bicyclic) bond motifs is 1. The molecule has 3 nitrogen and oxygen atoms in total. The van der Waals surface area contributed by atoms with Crippen LogP contribution < -0.4 is 10.6 Å². The Morgan fingerprint density at radius 1 is 1.29 bits per heavy atom. The van der Waals surface area contributed by atoms with Gasteiger partial charge in [-0.05, 0) is 54.1 Å². The molecule has 21 heavy (non-hydrogen) atoms. The molecular formula is C16H19ClN2OS. The Bertz CT molecular complexity index is 598. The molecule has 0 bridgehead atoms. The Morgan fingerprint density at radius 3 is 3.00 bits per heavy atom. The quantitative estimate of drug-likeness (QED) is 0.906. The van der Waals surface area contributed by atoms with Crippen LogP contribution in [0.5, 0.6) is 0 Å². The maximum Gasteiger partial charge on any atom is 0.224 e. The Hall–Kier alpha value is -1.36. The van der Waals surface area contributed by atoms with E-state index in [2.05, 4.69) is 28.8 Å². The summed E-state index contributed by atoms with van der Waals surface area (Å²) in [6.45, 7) is 1.94. The molecule has 0 atom stereocenters. The summed E-state index contributed by atoms with van der Waals surface area (Å²) in [5.41, 5.74) is 3.59. The highest BCUT2D eigenvalue weighted by Crippen LogP contribution is 2.19. The van der Waals surface area contributed by atoms with Crippen LogP contribution in [0, 0.1) is 0 Å². The molecule has 0 fully saturated rings. The summed E-state index contributed by atoms with van der Waals surface area (Å²) in [5.74, 6) is 0.0853. The van der Waals surface area contributed by atoms with Gasteiger partial charge in [0.05, 0.1) is 0 Å². The summed E-state index contributed by atoms with van der Waals surface area (Å²) in [5, 5.41) is 8.39. The maximum atomic E-state index is 12.0. The molecule has 112 valence electrons. The van der Waals surface area contributed by atoms with Gasteiger partial charge < -0.3 is 10.6 Å². The van der Waals surface area contributed by atoms with Crippen LogP contribution in [0.3, 0.4) is 0 Å². The van der Waals surface area contributed by atoms with E-state index in [4.69, 9.17) is 0 Å². The van der Waals surface area contributed by atoms with Gasteiger partial charge in [-0.1, -0.05) is 12.1 Å². The molecule has 0 spiro atoms. The number of carbonyl (C=O) groups excluding carboxylic acids is 1. The minimum absolute atomic E-state index is 0. The number of rotatable bonds is 4. The average Bonchev–Trinajstić information content (AvgIpc) is 2.98. The Kier molecular flexibility index (Phi) is 5.79. The molecule has 5 heteroatoms. The van der Waals surface area contributed by atoms with Gasteiger partial charge in [0.15, 0.2) is 0 Å². The van der Waals surface area contributed by atoms with Crippen LogP contribution in [0.1, 0.15) is 22.4 Å². The summed E-state index contributed by atoms with van der Waals surface area (Å²) >= 11 is 1.70. The Labute approximate surface area is 135 Å². The lowest BCUT2D eigenvalue weighted by Crippen LogP contribution is -2.23. The number of hydrogen-bond donors (Lipinski definition) is 2. The molecule has 0 saturated carbocycles. The molecule has 0 unspecified atom stereocenters. The maximum absolute atomic E-state index is 12.0. The molecular weight excluding hydrogens is 304 g/mol. The number of hydrogen-bond acceptors (Lipinski definition) is 3. The number of anilines is 1. The molecule has 0 aliphatic carbocycles. The number of amides is 1. The van der Waals surface area contributed by atoms with Gasteiger partial charge in [-0.2, -0.15) is 0 Å². The standard InChI is InChI=1S/C16H18N2OS.ClH/c19-16(6-5-15-2-1-9-20-15)18-14-4-3-12-7-8-17-11-13(12)10-14;/h1-4,9-10,17H,5-8,11H2,(H,18,19);1H. The summed E-state index contributed by atoms with van der Waals surface area (Å²) < 4.78 is 0. The van der Waals surface area contributed by atoms with Crippen LogP contribution in [0.4, 0.5) is 5.69 Å². The summed E-state index contributed by atoms with van der Waals surface area (Å²) in [6, 6.07) is 10.3. The first kappa shape index (κ1) is 16.0. The first-order valence-corrected chi connectivity index (χ1v) is 7.84. The number of nitrogens with one attached hydrogen (secondary N) is 2.